The fraction of sp³-hybridized carbons (Fsp3) is 0.167. The highest BCUT2D eigenvalue weighted by molar-refractivity contribution is 6.18. The summed E-state index contributed by atoms with van der Waals surface area (Å²) in [7, 11) is 1.59. The van der Waals surface area contributed by atoms with Gasteiger partial charge in [-0.05, 0) is 37.6 Å². The zero-order valence-corrected chi connectivity index (χ0v) is 12.4. The molecule has 2 aromatic carbocycles. The monoisotopic (exact) mass is 279 g/mol. The van der Waals surface area contributed by atoms with Crippen molar-refractivity contribution in [3.05, 3.63) is 64.8 Å². The van der Waals surface area contributed by atoms with E-state index in [2.05, 4.69) is 4.98 Å². The fourth-order valence-electron chi connectivity index (χ4n) is 2.69. The first kappa shape index (κ1) is 13.4. The van der Waals surface area contributed by atoms with Gasteiger partial charge in [0.2, 0.25) is 0 Å². The molecular weight excluding hydrogens is 262 g/mol. The van der Waals surface area contributed by atoms with Gasteiger partial charge in [0.1, 0.15) is 5.75 Å². The normalized spacial score (nSPS) is 10.8. The van der Waals surface area contributed by atoms with Crippen LogP contribution in [0.25, 0.3) is 10.9 Å². The van der Waals surface area contributed by atoms with Crippen molar-refractivity contribution >= 4 is 16.7 Å². The molecule has 106 valence electrons. The molecule has 0 spiro atoms. The maximum Gasteiger partial charge on any atom is 0.198 e. The first-order valence-corrected chi connectivity index (χ1v) is 6.88. The minimum atomic E-state index is -0.0175. The van der Waals surface area contributed by atoms with Crippen LogP contribution in [0.3, 0.4) is 0 Å². The van der Waals surface area contributed by atoms with Gasteiger partial charge in [-0.2, -0.15) is 0 Å². The molecule has 0 radical (unpaired) electrons. The van der Waals surface area contributed by atoms with Gasteiger partial charge >= 0.3 is 0 Å². The summed E-state index contributed by atoms with van der Waals surface area (Å²) in [6.07, 6.45) is 1.78. The predicted molar refractivity (Wildman–Crippen MR) is 84.2 cm³/mol. The molecule has 3 aromatic rings. The number of carbonyl (C=O) groups is 1. The first-order valence-electron chi connectivity index (χ1n) is 6.88. The van der Waals surface area contributed by atoms with Crippen molar-refractivity contribution in [2.45, 2.75) is 13.8 Å². The summed E-state index contributed by atoms with van der Waals surface area (Å²) in [6, 6.07) is 11.6. The van der Waals surface area contributed by atoms with E-state index in [0.717, 1.165) is 22.0 Å². The molecule has 0 atom stereocenters. The zero-order chi connectivity index (χ0) is 15.0. The van der Waals surface area contributed by atoms with Gasteiger partial charge in [0.05, 0.1) is 12.7 Å². The Balaban J connectivity index is 2.20. The van der Waals surface area contributed by atoms with Crippen LogP contribution in [-0.2, 0) is 0 Å². The number of aryl methyl sites for hydroxylation is 2. The van der Waals surface area contributed by atoms with Gasteiger partial charge in [0.25, 0.3) is 0 Å². The Morgan fingerprint density at radius 1 is 1.10 bits per heavy atom. The molecule has 3 rings (SSSR count). The number of methoxy groups -OCH3 is 1. The summed E-state index contributed by atoms with van der Waals surface area (Å²) in [4.78, 5) is 16.1. The minimum Gasteiger partial charge on any atom is -0.496 e. The molecule has 3 nitrogen and oxygen atoms in total. The largest absolute Gasteiger partial charge is 0.496 e. The topological polar surface area (TPSA) is 42.1 Å². The number of hydrogen-bond donors (Lipinski definition) is 1. The number of carbonyl (C=O) groups excluding carboxylic acids is 1. The van der Waals surface area contributed by atoms with E-state index in [1.165, 1.54) is 0 Å². The van der Waals surface area contributed by atoms with Crippen LogP contribution in [0.2, 0.25) is 0 Å². The summed E-state index contributed by atoms with van der Waals surface area (Å²) >= 11 is 0. The van der Waals surface area contributed by atoms with Gasteiger partial charge in [0.15, 0.2) is 5.78 Å². The number of aromatic amines is 1. The summed E-state index contributed by atoms with van der Waals surface area (Å²) in [5.74, 6) is 0.588. The lowest BCUT2D eigenvalue weighted by Crippen LogP contribution is -2.04. The molecule has 0 saturated carbocycles. The highest BCUT2D eigenvalue weighted by Gasteiger charge is 2.19. The fourth-order valence-corrected chi connectivity index (χ4v) is 2.69. The van der Waals surface area contributed by atoms with Crippen molar-refractivity contribution in [1.82, 2.24) is 4.98 Å². The molecule has 0 amide bonds. The smallest absolute Gasteiger partial charge is 0.198 e. The van der Waals surface area contributed by atoms with Crippen LogP contribution in [0, 0.1) is 13.8 Å². The maximum atomic E-state index is 12.9. The highest BCUT2D eigenvalue weighted by atomic mass is 16.5. The van der Waals surface area contributed by atoms with E-state index in [-0.39, 0.29) is 5.78 Å². The van der Waals surface area contributed by atoms with Crippen LogP contribution in [0.4, 0.5) is 0 Å². The molecule has 21 heavy (non-hydrogen) atoms. The quantitative estimate of drug-likeness (QED) is 0.736. The number of hydrogen-bond acceptors (Lipinski definition) is 2. The van der Waals surface area contributed by atoms with Crippen LogP contribution in [0.15, 0.2) is 42.6 Å². The van der Waals surface area contributed by atoms with Gasteiger partial charge < -0.3 is 9.72 Å². The molecule has 0 aliphatic rings. The van der Waals surface area contributed by atoms with E-state index in [4.69, 9.17) is 4.74 Å². The van der Waals surface area contributed by atoms with Crippen LogP contribution in [0.1, 0.15) is 27.0 Å². The first-order chi connectivity index (χ1) is 10.1. The van der Waals surface area contributed by atoms with Gasteiger partial charge in [-0.25, -0.2) is 0 Å². The number of nitrogens with one attached hydrogen (secondary N) is 1. The van der Waals surface area contributed by atoms with Crippen molar-refractivity contribution in [3.63, 3.8) is 0 Å². The zero-order valence-electron chi connectivity index (χ0n) is 12.4. The van der Waals surface area contributed by atoms with Crippen LogP contribution >= 0.6 is 0 Å². The lowest BCUT2D eigenvalue weighted by Gasteiger charge is -2.08. The van der Waals surface area contributed by atoms with E-state index < -0.39 is 0 Å². The number of rotatable bonds is 3. The molecule has 3 heteroatoms. The number of aromatic nitrogens is 1. The van der Waals surface area contributed by atoms with Gasteiger partial charge in [-0.15, -0.1) is 0 Å². The number of H-pyrrole nitrogens is 1. The molecule has 1 aromatic heterocycles. The van der Waals surface area contributed by atoms with E-state index in [0.29, 0.717) is 16.9 Å². The Bertz CT molecular complexity index is 830. The van der Waals surface area contributed by atoms with E-state index in [1.807, 2.05) is 50.2 Å². The van der Waals surface area contributed by atoms with E-state index in [1.54, 1.807) is 13.3 Å². The Labute approximate surface area is 123 Å². The lowest BCUT2D eigenvalue weighted by molar-refractivity contribution is 0.103. The Morgan fingerprint density at radius 2 is 1.90 bits per heavy atom. The molecule has 0 aliphatic carbocycles. The molecule has 0 fully saturated rings. The Morgan fingerprint density at radius 3 is 2.67 bits per heavy atom. The predicted octanol–water partition coefficient (Wildman–Crippen LogP) is 4.02. The molecule has 0 saturated heterocycles. The third-order valence-corrected chi connectivity index (χ3v) is 3.76. The summed E-state index contributed by atoms with van der Waals surface area (Å²) in [6.45, 7) is 3.98. The lowest BCUT2D eigenvalue weighted by atomic mass is 9.98. The minimum absolute atomic E-state index is 0.0175. The summed E-state index contributed by atoms with van der Waals surface area (Å²) in [5.41, 5.74) is 4.39. The van der Waals surface area contributed by atoms with Crippen molar-refractivity contribution < 1.29 is 9.53 Å². The molecular formula is C18H17NO2. The Kier molecular flexibility index (Phi) is 3.26. The second-order valence-corrected chi connectivity index (χ2v) is 5.23. The molecule has 0 aliphatic heterocycles. The molecule has 1 heterocycles. The SMILES string of the molecule is COc1ccc(C)cc1C(=O)c1c[nH]c2cccc(C)c12. The standard InChI is InChI=1S/C18H17NO2/c1-11-7-8-16(21-3)13(9-11)18(20)14-10-19-15-6-4-5-12(2)17(14)15/h4-10,19H,1-3H3. The van der Waals surface area contributed by atoms with Crippen molar-refractivity contribution in [1.29, 1.82) is 0 Å². The van der Waals surface area contributed by atoms with E-state index >= 15 is 0 Å². The van der Waals surface area contributed by atoms with Crippen LogP contribution in [-0.4, -0.2) is 17.9 Å². The Hall–Kier alpha value is -2.55. The number of fused-ring (bicyclic) bond motifs is 1. The summed E-state index contributed by atoms with van der Waals surface area (Å²) < 4.78 is 5.33. The third kappa shape index (κ3) is 2.21. The second-order valence-electron chi connectivity index (χ2n) is 5.23. The average Bonchev–Trinajstić information content (AvgIpc) is 2.92. The molecule has 1 N–H and O–H groups in total. The van der Waals surface area contributed by atoms with Gasteiger partial charge in [0, 0.05) is 22.7 Å². The van der Waals surface area contributed by atoms with Gasteiger partial charge in [-0.1, -0.05) is 23.8 Å². The number of benzene rings is 2. The second kappa shape index (κ2) is 5.09. The van der Waals surface area contributed by atoms with Crippen LogP contribution < -0.4 is 4.74 Å². The van der Waals surface area contributed by atoms with E-state index in [9.17, 15) is 4.79 Å². The summed E-state index contributed by atoms with van der Waals surface area (Å²) in [5, 5.41) is 0.978. The van der Waals surface area contributed by atoms with Crippen LogP contribution in [0.5, 0.6) is 5.75 Å². The average molecular weight is 279 g/mol. The molecule has 0 bridgehead atoms. The maximum absolute atomic E-state index is 12.9. The number of ketones is 1. The molecule has 0 unspecified atom stereocenters. The van der Waals surface area contributed by atoms with Gasteiger partial charge in [-0.3, -0.25) is 4.79 Å². The van der Waals surface area contributed by atoms with Crippen molar-refractivity contribution in [2.24, 2.45) is 0 Å². The van der Waals surface area contributed by atoms with Crippen molar-refractivity contribution in [2.75, 3.05) is 7.11 Å². The highest BCUT2D eigenvalue weighted by Crippen LogP contribution is 2.28. The third-order valence-electron chi connectivity index (χ3n) is 3.76. The number of ether oxygens (including phenoxy) is 1. The van der Waals surface area contributed by atoms with Crippen molar-refractivity contribution in [3.8, 4) is 5.75 Å².